The minimum absolute atomic E-state index is 0.0240. The summed E-state index contributed by atoms with van der Waals surface area (Å²) in [6.07, 6.45) is 4.55. The molecular weight excluding hydrogens is 394 g/mol. The molecule has 0 bridgehead atoms. The van der Waals surface area contributed by atoms with Crippen molar-refractivity contribution in [3.63, 3.8) is 0 Å². The van der Waals surface area contributed by atoms with Gasteiger partial charge in [0.05, 0.1) is 12.6 Å². The van der Waals surface area contributed by atoms with Crippen LogP contribution in [0, 0.1) is 0 Å². The van der Waals surface area contributed by atoms with Crippen molar-refractivity contribution in [2.24, 2.45) is 0 Å². The number of methoxy groups -OCH3 is 1. The molecule has 1 amide bonds. The number of carbonyl (C=O) groups excluding carboxylic acids is 1. The summed E-state index contributed by atoms with van der Waals surface area (Å²) in [5.74, 6) is 1.00. The Kier molecular flexibility index (Phi) is 6.21. The molecule has 1 saturated heterocycles. The summed E-state index contributed by atoms with van der Waals surface area (Å²) >= 11 is 0. The van der Waals surface area contributed by atoms with Crippen LogP contribution in [-0.4, -0.2) is 51.5 Å². The second-order valence-corrected chi connectivity index (χ2v) is 7.90. The maximum absolute atomic E-state index is 12.6. The lowest BCUT2D eigenvalue weighted by atomic mass is 9.96. The first-order chi connectivity index (χ1) is 15.1. The molecule has 4 rings (SSSR count). The van der Waals surface area contributed by atoms with E-state index < -0.39 is 5.97 Å². The molecule has 3 aromatic rings. The van der Waals surface area contributed by atoms with Gasteiger partial charge >= 0.3 is 5.97 Å². The first-order valence-corrected chi connectivity index (χ1v) is 10.7. The maximum Gasteiger partial charge on any atom is 0.303 e. The fourth-order valence-electron chi connectivity index (χ4n) is 4.35. The van der Waals surface area contributed by atoms with Gasteiger partial charge in [-0.3, -0.25) is 9.59 Å². The monoisotopic (exact) mass is 421 g/mol. The zero-order valence-corrected chi connectivity index (χ0v) is 17.7. The number of aliphatic carboxylic acids is 1. The van der Waals surface area contributed by atoms with Crippen LogP contribution in [0.1, 0.15) is 43.8 Å². The molecule has 31 heavy (non-hydrogen) atoms. The Balaban J connectivity index is 1.62. The third kappa shape index (κ3) is 4.40. The third-order valence-corrected chi connectivity index (χ3v) is 5.86. The summed E-state index contributed by atoms with van der Waals surface area (Å²) in [5.41, 5.74) is 2.82. The van der Waals surface area contributed by atoms with E-state index in [2.05, 4.69) is 10.5 Å². The number of rotatable bonds is 7. The SMILES string of the molecule is COc1ccccc1-c1nc(C2CCCN(C(=O)CCCC(=O)O)C2)n2ccccc12. The van der Waals surface area contributed by atoms with E-state index in [9.17, 15) is 9.59 Å². The molecule has 0 aliphatic carbocycles. The molecule has 1 atom stereocenters. The van der Waals surface area contributed by atoms with Crippen molar-refractivity contribution in [2.75, 3.05) is 20.2 Å². The first-order valence-electron chi connectivity index (χ1n) is 10.7. The zero-order chi connectivity index (χ0) is 21.8. The number of para-hydroxylation sites is 1. The van der Waals surface area contributed by atoms with E-state index in [-0.39, 0.29) is 24.7 Å². The fraction of sp³-hybridized carbons (Fsp3) is 0.375. The Morgan fingerprint density at radius 3 is 2.77 bits per heavy atom. The number of amides is 1. The maximum atomic E-state index is 12.6. The minimum atomic E-state index is -0.864. The number of likely N-dealkylation sites (tertiary alicyclic amines) is 1. The molecule has 1 aromatic carbocycles. The highest BCUT2D eigenvalue weighted by atomic mass is 16.5. The summed E-state index contributed by atoms with van der Waals surface area (Å²) in [4.78, 5) is 30.3. The van der Waals surface area contributed by atoms with Crippen molar-refractivity contribution in [3.8, 4) is 17.0 Å². The van der Waals surface area contributed by atoms with Gasteiger partial charge in [-0.2, -0.15) is 0 Å². The second kappa shape index (κ2) is 9.20. The van der Waals surface area contributed by atoms with Crippen LogP contribution >= 0.6 is 0 Å². The number of carboxylic acids is 1. The van der Waals surface area contributed by atoms with Crippen molar-refractivity contribution < 1.29 is 19.4 Å². The zero-order valence-electron chi connectivity index (χ0n) is 17.7. The predicted octanol–water partition coefficient (Wildman–Crippen LogP) is 3.97. The van der Waals surface area contributed by atoms with Crippen LogP contribution < -0.4 is 4.74 Å². The van der Waals surface area contributed by atoms with Gasteiger partial charge in [0.15, 0.2) is 0 Å². The molecule has 7 heteroatoms. The average Bonchev–Trinajstić information content (AvgIpc) is 3.18. The van der Waals surface area contributed by atoms with Crippen LogP contribution in [0.2, 0.25) is 0 Å². The quantitative estimate of drug-likeness (QED) is 0.624. The first kappa shape index (κ1) is 20.9. The van der Waals surface area contributed by atoms with Crippen molar-refractivity contribution in [2.45, 2.75) is 38.0 Å². The predicted molar refractivity (Wildman–Crippen MR) is 117 cm³/mol. The number of carboxylic acid groups (broad SMARTS) is 1. The van der Waals surface area contributed by atoms with Gasteiger partial charge in [-0.05, 0) is 43.5 Å². The number of piperidine rings is 1. The van der Waals surface area contributed by atoms with E-state index in [1.54, 1.807) is 7.11 Å². The number of fused-ring (bicyclic) bond motifs is 1. The lowest BCUT2D eigenvalue weighted by Gasteiger charge is -2.32. The Hall–Kier alpha value is -3.35. The standard InChI is InChI=1S/C24H27N3O4/c1-31-20-11-3-2-9-18(20)23-19-10-4-5-15-27(19)24(25-23)17-8-7-14-26(16-17)21(28)12-6-13-22(29)30/h2-5,9-11,15,17H,6-8,12-14,16H2,1H3,(H,29,30). The van der Waals surface area contributed by atoms with Crippen molar-refractivity contribution >= 4 is 17.4 Å². The number of hydrogen-bond donors (Lipinski definition) is 1. The van der Waals surface area contributed by atoms with Crippen LogP contribution in [0.5, 0.6) is 5.75 Å². The number of ether oxygens (including phenoxy) is 1. The van der Waals surface area contributed by atoms with Gasteiger partial charge in [-0.15, -0.1) is 0 Å². The summed E-state index contributed by atoms with van der Waals surface area (Å²) in [5, 5.41) is 8.82. The second-order valence-electron chi connectivity index (χ2n) is 7.90. The summed E-state index contributed by atoms with van der Waals surface area (Å²) in [7, 11) is 1.66. The topological polar surface area (TPSA) is 84.1 Å². The Morgan fingerprint density at radius 1 is 1.16 bits per heavy atom. The summed E-state index contributed by atoms with van der Waals surface area (Å²) < 4.78 is 7.68. The fourth-order valence-corrected chi connectivity index (χ4v) is 4.35. The molecule has 2 aromatic heterocycles. The normalized spacial score (nSPS) is 16.4. The molecule has 1 fully saturated rings. The summed E-state index contributed by atoms with van der Waals surface area (Å²) in [6, 6.07) is 13.9. The Morgan fingerprint density at radius 2 is 1.97 bits per heavy atom. The van der Waals surface area contributed by atoms with E-state index in [4.69, 9.17) is 14.8 Å². The van der Waals surface area contributed by atoms with E-state index in [0.717, 1.165) is 41.2 Å². The highest BCUT2D eigenvalue weighted by Gasteiger charge is 2.28. The van der Waals surface area contributed by atoms with Gasteiger partial charge in [-0.25, -0.2) is 4.98 Å². The molecule has 1 N–H and O–H groups in total. The highest BCUT2D eigenvalue weighted by molar-refractivity contribution is 5.81. The molecule has 7 nitrogen and oxygen atoms in total. The van der Waals surface area contributed by atoms with E-state index >= 15 is 0 Å². The smallest absolute Gasteiger partial charge is 0.303 e. The molecule has 162 valence electrons. The molecule has 0 radical (unpaired) electrons. The summed E-state index contributed by atoms with van der Waals surface area (Å²) in [6.45, 7) is 1.32. The lowest BCUT2D eigenvalue weighted by Crippen LogP contribution is -2.39. The van der Waals surface area contributed by atoms with Gasteiger partial charge in [0, 0.05) is 43.6 Å². The van der Waals surface area contributed by atoms with E-state index in [0.29, 0.717) is 19.5 Å². The highest BCUT2D eigenvalue weighted by Crippen LogP contribution is 2.35. The number of nitrogens with zero attached hydrogens (tertiary/aromatic N) is 3. The number of hydrogen-bond acceptors (Lipinski definition) is 4. The number of aromatic nitrogens is 2. The van der Waals surface area contributed by atoms with Crippen LogP contribution in [0.4, 0.5) is 0 Å². The van der Waals surface area contributed by atoms with Crippen molar-refractivity contribution in [1.29, 1.82) is 0 Å². The van der Waals surface area contributed by atoms with Crippen LogP contribution in [0.3, 0.4) is 0 Å². The van der Waals surface area contributed by atoms with Crippen molar-refractivity contribution in [1.82, 2.24) is 14.3 Å². The van der Waals surface area contributed by atoms with Gasteiger partial charge < -0.3 is 19.1 Å². The number of carbonyl (C=O) groups is 2. The van der Waals surface area contributed by atoms with Crippen LogP contribution in [0.25, 0.3) is 16.8 Å². The Bertz CT molecular complexity index is 1090. The molecule has 1 unspecified atom stereocenters. The third-order valence-electron chi connectivity index (χ3n) is 5.86. The molecule has 1 aliphatic rings. The lowest BCUT2D eigenvalue weighted by molar-refractivity contribution is -0.137. The van der Waals surface area contributed by atoms with E-state index in [1.165, 1.54) is 0 Å². The van der Waals surface area contributed by atoms with Gasteiger partial charge in [-0.1, -0.05) is 18.2 Å². The Labute approximate surface area is 181 Å². The number of imidazole rings is 1. The largest absolute Gasteiger partial charge is 0.496 e. The molecule has 0 saturated carbocycles. The van der Waals surface area contributed by atoms with Gasteiger partial charge in [0.2, 0.25) is 5.91 Å². The molecule has 1 aliphatic heterocycles. The number of benzene rings is 1. The van der Waals surface area contributed by atoms with Crippen LogP contribution in [-0.2, 0) is 9.59 Å². The van der Waals surface area contributed by atoms with E-state index in [1.807, 2.05) is 47.5 Å². The average molecular weight is 421 g/mol. The van der Waals surface area contributed by atoms with Gasteiger partial charge in [0.1, 0.15) is 17.3 Å². The molecule has 3 heterocycles. The molecular formula is C24H27N3O4. The number of pyridine rings is 1. The van der Waals surface area contributed by atoms with Crippen molar-refractivity contribution in [3.05, 3.63) is 54.5 Å². The van der Waals surface area contributed by atoms with Gasteiger partial charge in [0.25, 0.3) is 0 Å². The van der Waals surface area contributed by atoms with Crippen LogP contribution in [0.15, 0.2) is 48.7 Å². The minimum Gasteiger partial charge on any atom is -0.496 e. The molecule has 0 spiro atoms.